The smallest absolute Gasteiger partial charge is 0.234 e. The molecule has 82 valence electrons. The van der Waals surface area contributed by atoms with Crippen molar-refractivity contribution in [3.05, 3.63) is 35.9 Å². The second kappa shape index (κ2) is 4.53. The predicted molar refractivity (Wildman–Crippen MR) is 63.8 cm³/mol. The average Bonchev–Trinajstić information content (AvgIpc) is 2.30. The van der Waals surface area contributed by atoms with E-state index in [2.05, 4.69) is 0 Å². The molecule has 0 bridgehead atoms. The van der Waals surface area contributed by atoms with E-state index in [4.69, 9.17) is 12.2 Å². The van der Waals surface area contributed by atoms with Crippen LogP contribution in [0.4, 0.5) is 0 Å². The molecule has 1 fully saturated rings. The summed E-state index contributed by atoms with van der Waals surface area (Å²) in [7, 11) is 0. The molecule has 0 aromatic heterocycles. The first kappa shape index (κ1) is 11.0. The number of carbonyl (C=O) groups is 2. The molecule has 0 radical (unpaired) electrons. The SMILES string of the molecule is O=C1CCCC(=O)N1C(=S)c1ccccc1. The molecule has 16 heavy (non-hydrogen) atoms. The zero-order valence-corrected chi connectivity index (χ0v) is 9.50. The molecule has 0 N–H and O–H groups in total. The van der Waals surface area contributed by atoms with Gasteiger partial charge >= 0.3 is 0 Å². The number of piperidine rings is 1. The van der Waals surface area contributed by atoms with Gasteiger partial charge in [0.25, 0.3) is 0 Å². The number of nitrogens with zero attached hydrogens (tertiary/aromatic N) is 1. The van der Waals surface area contributed by atoms with Crippen LogP contribution in [0, 0.1) is 0 Å². The Morgan fingerprint density at radius 2 is 1.62 bits per heavy atom. The number of thiocarbonyl (C=S) groups is 1. The van der Waals surface area contributed by atoms with E-state index in [0.29, 0.717) is 24.3 Å². The highest BCUT2D eigenvalue weighted by molar-refractivity contribution is 7.80. The maximum absolute atomic E-state index is 11.6. The Bertz CT molecular complexity index is 426. The number of amides is 2. The maximum atomic E-state index is 11.6. The minimum absolute atomic E-state index is 0.190. The fourth-order valence-corrected chi connectivity index (χ4v) is 2.03. The van der Waals surface area contributed by atoms with E-state index in [-0.39, 0.29) is 11.8 Å². The van der Waals surface area contributed by atoms with Crippen molar-refractivity contribution in [3.8, 4) is 0 Å². The van der Waals surface area contributed by atoms with Crippen LogP contribution >= 0.6 is 12.2 Å². The van der Waals surface area contributed by atoms with Crippen LogP contribution in [0.5, 0.6) is 0 Å². The van der Waals surface area contributed by atoms with Crippen LogP contribution in [0.25, 0.3) is 0 Å². The molecule has 3 nitrogen and oxygen atoms in total. The third-order valence-electron chi connectivity index (χ3n) is 2.50. The summed E-state index contributed by atoms with van der Waals surface area (Å²) in [6.45, 7) is 0. The van der Waals surface area contributed by atoms with Crippen molar-refractivity contribution < 1.29 is 9.59 Å². The molecule has 1 aromatic carbocycles. The summed E-state index contributed by atoms with van der Waals surface area (Å²) in [5.41, 5.74) is 0.737. The third kappa shape index (κ3) is 2.02. The molecule has 0 atom stereocenters. The van der Waals surface area contributed by atoms with E-state index < -0.39 is 0 Å². The van der Waals surface area contributed by atoms with Crippen LogP contribution in [0.1, 0.15) is 24.8 Å². The summed E-state index contributed by atoms with van der Waals surface area (Å²) in [5, 5.41) is 0. The van der Waals surface area contributed by atoms with Gasteiger partial charge in [-0.05, 0) is 6.42 Å². The van der Waals surface area contributed by atoms with Gasteiger partial charge in [0.1, 0.15) is 4.99 Å². The fraction of sp³-hybridized carbons (Fsp3) is 0.250. The van der Waals surface area contributed by atoms with E-state index in [0.717, 1.165) is 10.5 Å². The van der Waals surface area contributed by atoms with Gasteiger partial charge in [-0.15, -0.1) is 0 Å². The molecule has 1 aromatic rings. The standard InChI is InChI=1S/C12H11NO2S/c14-10-7-4-8-11(15)13(10)12(16)9-5-2-1-3-6-9/h1-3,5-6H,4,7-8H2. The van der Waals surface area contributed by atoms with Crippen LogP contribution in [-0.4, -0.2) is 21.7 Å². The van der Waals surface area contributed by atoms with Crippen LogP contribution in [-0.2, 0) is 9.59 Å². The molecule has 1 aliphatic rings. The van der Waals surface area contributed by atoms with Crippen LogP contribution in [0.2, 0.25) is 0 Å². The molecular formula is C12H11NO2S. The lowest BCUT2D eigenvalue weighted by Gasteiger charge is -2.25. The van der Waals surface area contributed by atoms with Gasteiger partial charge in [-0.3, -0.25) is 9.59 Å². The summed E-state index contributed by atoms with van der Waals surface area (Å²) in [6.07, 6.45) is 1.43. The summed E-state index contributed by atoms with van der Waals surface area (Å²) in [6, 6.07) is 9.14. The summed E-state index contributed by atoms with van der Waals surface area (Å²) < 4.78 is 0. The largest absolute Gasteiger partial charge is 0.274 e. The van der Waals surface area contributed by atoms with Gasteiger partial charge < -0.3 is 0 Å². The summed E-state index contributed by atoms with van der Waals surface area (Å²) in [5.74, 6) is -0.379. The number of likely N-dealkylation sites (tertiary alicyclic amines) is 1. The molecule has 0 unspecified atom stereocenters. The fourth-order valence-electron chi connectivity index (χ4n) is 1.69. The first-order valence-electron chi connectivity index (χ1n) is 5.15. The van der Waals surface area contributed by atoms with Gasteiger partial charge in [-0.1, -0.05) is 42.5 Å². The molecule has 2 amide bonds. The topological polar surface area (TPSA) is 37.4 Å². The second-order valence-corrected chi connectivity index (χ2v) is 4.03. The number of carbonyl (C=O) groups excluding carboxylic acids is 2. The van der Waals surface area contributed by atoms with Crippen molar-refractivity contribution >= 4 is 29.0 Å². The molecule has 2 rings (SSSR count). The van der Waals surface area contributed by atoms with Crippen LogP contribution < -0.4 is 0 Å². The van der Waals surface area contributed by atoms with Crippen molar-refractivity contribution in [3.63, 3.8) is 0 Å². The second-order valence-electron chi connectivity index (χ2n) is 3.65. The van der Waals surface area contributed by atoms with Crippen molar-refractivity contribution in [2.45, 2.75) is 19.3 Å². The lowest BCUT2D eigenvalue weighted by atomic mass is 10.1. The van der Waals surface area contributed by atoms with E-state index in [9.17, 15) is 9.59 Å². The van der Waals surface area contributed by atoms with E-state index in [1.807, 2.05) is 18.2 Å². The summed E-state index contributed by atoms with van der Waals surface area (Å²) >= 11 is 5.18. The number of rotatable bonds is 1. The molecule has 0 saturated carbocycles. The zero-order chi connectivity index (χ0) is 11.5. The average molecular weight is 233 g/mol. The van der Waals surface area contributed by atoms with E-state index in [1.165, 1.54) is 0 Å². The third-order valence-corrected chi connectivity index (χ3v) is 2.92. The van der Waals surface area contributed by atoms with Crippen LogP contribution in [0.3, 0.4) is 0 Å². The Labute approximate surface area is 99.1 Å². The van der Waals surface area contributed by atoms with Gasteiger partial charge in [0.15, 0.2) is 0 Å². The quantitative estimate of drug-likeness (QED) is 0.549. The van der Waals surface area contributed by atoms with Crippen molar-refractivity contribution in [1.82, 2.24) is 4.90 Å². The van der Waals surface area contributed by atoms with Crippen molar-refractivity contribution in [2.24, 2.45) is 0 Å². The highest BCUT2D eigenvalue weighted by atomic mass is 32.1. The van der Waals surface area contributed by atoms with Crippen molar-refractivity contribution in [1.29, 1.82) is 0 Å². The highest BCUT2D eigenvalue weighted by Crippen LogP contribution is 2.16. The number of benzene rings is 1. The number of hydrogen-bond acceptors (Lipinski definition) is 3. The minimum Gasteiger partial charge on any atom is -0.274 e. The van der Waals surface area contributed by atoms with Crippen LogP contribution in [0.15, 0.2) is 30.3 Å². The van der Waals surface area contributed by atoms with Crippen molar-refractivity contribution in [2.75, 3.05) is 0 Å². The molecule has 1 heterocycles. The Balaban J connectivity index is 2.27. The normalized spacial score (nSPS) is 16.4. The summed E-state index contributed by atoms with van der Waals surface area (Å²) in [4.78, 5) is 24.7. The molecule has 1 saturated heterocycles. The van der Waals surface area contributed by atoms with Gasteiger partial charge in [-0.2, -0.15) is 0 Å². The van der Waals surface area contributed by atoms with Gasteiger partial charge in [0.2, 0.25) is 11.8 Å². The Morgan fingerprint density at radius 3 is 2.19 bits per heavy atom. The number of imide groups is 1. The Morgan fingerprint density at radius 1 is 1.06 bits per heavy atom. The van der Waals surface area contributed by atoms with E-state index in [1.54, 1.807) is 12.1 Å². The lowest BCUT2D eigenvalue weighted by molar-refractivity contribution is -0.142. The maximum Gasteiger partial charge on any atom is 0.234 e. The lowest BCUT2D eigenvalue weighted by Crippen LogP contribution is -2.43. The first-order chi connectivity index (χ1) is 7.70. The first-order valence-corrected chi connectivity index (χ1v) is 5.56. The van der Waals surface area contributed by atoms with Gasteiger partial charge in [0, 0.05) is 18.4 Å². The highest BCUT2D eigenvalue weighted by Gasteiger charge is 2.29. The molecule has 0 spiro atoms. The molecule has 4 heteroatoms. The molecule has 1 aliphatic heterocycles. The monoisotopic (exact) mass is 233 g/mol. The Kier molecular flexibility index (Phi) is 3.10. The molecular weight excluding hydrogens is 222 g/mol. The van der Waals surface area contributed by atoms with E-state index >= 15 is 0 Å². The predicted octanol–water partition coefficient (Wildman–Crippen LogP) is 1.90. The molecule has 0 aliphatic carbocycles. The van der Waals surface area contributed by atoms with Gasteiger partial charge in [-0.25, -0.2) is 4.90 Å². The van der Waals surface area contributed by atoms with Gasteiger partial charge in [0.05, 0.1) is 0 Å². The minimum atomic E-state index is -0.190. The zero-order valence-electron chi connectivity index (χ0n) is 8.68. The number of hydrogen-bond donors (Lipinski definition) is 0. The Hall–Kier alpha value is -1.55.